The summed E-state index contributed by atoms with van der Waals surface area (Å²) in [5.41, 5.74) is 3.05. The van der Waals surface area contributed by atoms with E-state index in [0.29, 0.717) is 6.54 Å². The molecular formula is C23H25N3O2S2. The van der Waals surface area contributed by atoms with Crippen LogP contribution in [0.15, 0.2) is 48.0 Å². The zero-order valence-electron chi connectivity index (χ0n) is 16.7. The van der Waals surface area contributed by atoms with Crippen LogP contribution in [0.2, 0.25) is 0 Å². The number of para-hydroxylation sites is 1. The second kappa shape index (κ2) is 8.57. The highest BCUT2D eigenvalue weighted by Gasteiger charge is 2.40. The summed E-state index contributed by atoms with van der Waals surface area (Å²) in [6, 6.07) is 12.4. The number of pyridine rings is 1. The molecule has 5 rings (SSSR count). The van der Waals surface area contributed by atoms with Crippen LogP contribution in [-0.2, 0) is 11.3 Å². The summed E-state index contributed by atoms with van der Waals surface area (Å²) in [5, 5.41) is 9.82. The fourth-order valence-electron chi connectivity index (χ4n) is 4.36. The smallest absolute Gasteiger partial charge is 0.263 e. The number of amides is 1. The van der Waals surface area contributed by atoms with Crippen LogP contribution in [0.3, 0.4) is 0 Å². The van der Waals surface area contributed by atoms with Gasteiger partial charge in [-0.15, -0.1) is 23.1 Å². The molecule has 3 aromatic rings. The fraction of sp³-hybridized carbons (Fsp3) is 0.391. The summed E-state index contributed by atoms with van der Waals surface area (Å²) in [4.78, 5) is 18.1. The molecule has 30 heavy (non-hydrogen) atoms. The van der Waals surface area contributed by atoms with Gasteiger partial charge in [0.05, 0.1) is 17.8 Å². The number of rotatable bonds is 5. The molecule has 156 valence electrons. The van der Waals surface area contributed by atoms with Gasteiger partial charge in [-0.05, 0) is 54.8 Å². The molecule has 2 aromatic heterocycles. The predicted molar refractivity (Wildman–Crippen MR) is 124 cm³/mol. The third kappa shape index (κ3) is 4.06. The summed E-state index contributed by atoms with van der Waals surface area (Å²) in [6.45, 7) is 1.51. The van der Waals surface area contributed by atoms with Gasteiger partial charge >= 0.3 is 0 Å². The van der Waals surface area contributed by atoms with Crippen molar-refractivity contribution < 1.29 is 9.53 Å². The zero-order chi connectivity index (χ0) is 20.4. The maximum Gasteiger partial charge on any atom is 0.263 e. The first kappa shape index (κ1) is 19.8. The Bertz CT molecular complexity index is 1030. The number of hydrogen-bond acceptors (Lipinski definition) is 6. The van der Waals surface area contributed by atoms with Crippen LogP contribution in [0, 0.1) is 0 Å². The first-order chi connectivity index (χ1) is 14.7. The van der Waals surface area contributed by atoms with E-state index in [0.717, 1.165) is 59.5 Å². The molecule has 1 saturated heterocycles. The molecule has 1 aliphatic carbocycles. The topological polar surface area (TPSA) is 63.2 Å². The van der Waals surface area contributed by atoms with Crippen LogP contribution in [0.4, 0.5) is 5.69 Å². The Morgan fingerprint density at radius 2 is 2.07 bits per heavy atom. The number of hydrogen-bond donors (Lipinski definition) is 2. The minimum atomic E-state index is 0.0180. The molecule has 0 unspecified atom stereocenters. The van der Waals surface area contributed by atoms with Gasteiger partial charge in [-0.25, -0.2) is 0 Å². The number of fused-ring (bicyclic) bond motifs is 1. The summed E-state index contributed by atoms with van der Waals surface area (Å²) in [6.07, 6.45) is 5.84. The second-order valence-corrected chi connectivity index (χ2v) is 10.2. The Morgan fingerprint density at radius 1 is 1.20 bits per heavy atom. The van der Waals surface area contributed by atoms with E-state index in [4.69, 9.17) is 4.74 Å². The van der Waals surface area contributed by atoms with Gasteiger partial charge in [-0.2, -0.15) is 0 Å². The number of thioether (sulfide) groups is 1. The van der Waals surface area contributed by atoms with E-state index >= 15 is 0 Å². The first-order valence-corrected chi connectivity index (χ1v) is 12.3. The molecule has 5 nitrogen and oxygen atoms in total. The Labute approximate surface area is 184 Å². The minimum Gasteiger partial charge on any atom is -0.380 e. The van der Waals surface area contributed by atoms with Crippen molar-refractivity contribution in [3.05, 3.63) is 58.4 Å². The van der Waals surface area contributed by atoms with Gasteiger partial charge < -0.3 is 15.4 Å². The van der Waals surface area contributed by atoms with Gasteiger partial charge in [-0.1, -0.05) is 18.2 Å². The van der Waals surface area contributed by atoms with Crippen molar-refractivity contribution >= 4 is 45.6 Å². The molecule has 1 spiro atoms. The highest BCUT2D eigenvalue weighted by molar-refractivity contribution is 8.00. The van der Waals surface area contributed by atoms with Crippen molar-refractivity contribution in [2.24, 2.45) is 0 Å². The van der Waals surface area contributed by atoms with Crippen molar-refractivity contribution in [3.8, 4) is 0 Å². The number of ether oxygens (including phenoxy) is 1. The third-order valence-corrected chi connectivity index (χ3v) is 8.31. The van der Waals surface area contributed by atoms with Gasteiger partial charge in [-0.3, -0.25) is 9.78 Å². The Hall–Kier alpha value is -2.09. The molecule has 1 amide bonds. The molecular weight excluding hydrogens is 414 g/mol. The lowest BCUT2D eigenvalue weighted by Gasteiger charge is -2.35. The lowest BCUT2D eigenvalue weighted by molar-refractivity contribution is 0.0174. The predicted octanol–water partition coefficient (Wildman–Crippen LogP) is 5.04. The molecule has 0 bridgehead atoms. The molecule has 1 aliphatic heterocycles. The van der Waals surface area contributed by atoms with Gasteiger partial charge in [0.2, 0.25) is 0 Å². The van der Waals surface area contributed by atoms with Crippen LogP contribution in [0.1, 0.15) is 40.9 Å². The van der Waals surface area contributed by atoms with Crippen LogP contribution in [-0.4, -0.2) is 34.2 Å². The molecule has 0 atom stereocenters. The van der Waals surface area contributed by atoms with E-state index in [1.165, 1.54) is 16.9 Å². The fourth-order valence-corrected chi connectivity index (χ4v) is 6.37. The Morgan fingerprint density at radius 3 is 2.90 bits per heavy atom. The van der Waals surface area contributed by atoms with E-state index < -0.39 is 0 Å². The van der Waals surface area contributed by atoms with E-state index in [-0.39, 0.29) is 16.9 Å². The highest BCUT2D eigenvalue weighted by atomic mass is 32.2. The van der Waals surface area contributed by atoms with Gasteiger partial charge in [0, 0.05) is 29.9 Å². The summed E-state index contributed by atoms with van der Waals surface area (Å²) in [5.74, 6) is 1.11. The maximum absolute atomic E-state index is 12.9. The third-order valence-electron chi connectivity index (χ3n) is 5.98. The van der Waals surface area contributed by atoms with E-state index in [1.807, 2.05) is 53.7 Å². The first-order valence-electron chi connectivity index (χ1n) is 10.5. The van der Waals surface area contributed by atoms with Crippen LogP contribution in [0.25, 0.3) is 10.9 Å². The quantitative estimate of drug-likeness (QED) is 0.583. The second-order valence-electron chi connectivity index (χ2n) is 7.86. The standard InChI is InChI=1S/C23H25N3O2S2/c27-22(26-17-5-9-23(10-6-17)28-12-14-30-23)21-20(8-13-29-21)25-15-16-7-11-24-19-4-2-1-3-18(16)19/h1-4,7-8,11,13,17,25H,5-6,9-10,12,14-15H2,(H,26,27)/t17-,23+. The van der Waals surface area contributed by atoms with Crippen molar-refractivity contribution in [2.75, 3.05) is 17.7 Å². The van der Waals surface area contributed by atoms with E-state index in [1.54, 1.807) is 0 Å². The summed E-state index contributed by atoms with van der Waals surface area (Å²) >= 11 is 3.43. The summed E-state index contributed by atoms with van der Waals surface area (Å²) < 4.78 is 5.97. The molecule has 2 N–H and O–H groups in total. The number of nitrogens with one attached hydrogen (secondary N) is 2. The monoisotopic (exact) mass is 439 g/mol. The van der Waals surface area contributed by atoms with Gasteiger partial charge in [0.1, 0.15) is 9.81 Å². The van der Waals surface area contributed by atoms with Gasteiger partial charge in [0.15, 0.2) is 0 Å². The molecule has 3 heterocycles. The lowest BCUT2D eigenvalue weighted by atomic mass is 9.92. The largest absolute Gasteiger partial charge is 0.380 e. The number of anilines is 1. The number of thiophene rings is 1. The molecule has 1 saturated carbocycles. The maximum atomic E-state index is 12.9. The SMILES string of the molecule is O=C(N[C@H]1CC[C@@]2(CC1)OCCS2)c1sccc1NCc1ccnc2ccccc12. The number of nitrogens with zero attached hydrogens (tertiary/aromatic N) is 1. The van der Waals surface area contributed by atoms with E-state index in [9.17, 15) is 4.79 Å². The zero-order valence-corrected chi connectivity index (χ0v) is 18.4. The average molecular weight is 440 g/mol. The number of carbonyl (C=O) groups is 1. The molecule has 1 aromatic carbocycles. The summed E-state index contributed by atoms with van der Waals surface area (Å²) in [7, 11) is 0. The molecule has 7 heteroatoms. The van der Waals surface area contributed by atoms with Crippen molar-refractivity contribution in [2.45, 2.75) is 43.2 Å². The Balaban J connectivity index is 1.22. The molecule has 2 aliphatic rings. The van der Waals surface area contributed by atoms with Gasteiger partial charge in [0.25, 0.3) is 5.91 Å². The van der Waals surface area contributed by atoms with E-state index in [2.05, 4.69) is 21.7 Å². The average Bonchev–Trinajstić information content (AvgIpc) is 3.44. The molecule has 2 fully saturated rings. The molecule has 0 radical (unpaired) electrons. The van der Waals surface area contributed by atoms with Crippen LogP contribution < -0.4 is 10.6 Å². The Kier molecular flexibility index (Phi) is 5.67. The van der Waals surface area contributed by atoms with Crippen molar-refractivity contribution in [1.82, 2.24) is 10.3 Å². The van der Waals surface area contributed by atoms with Crippen molar-refractivity contribution in [1.29, 1.82) is 0 Å². The number of carbonyl (C=O) groups excluding carboxylic acids is 1. The number of aromatic nitrogens is 1. The lowest BCUT2D eigenvalue weighted by Crippen LogP contribution is -2.42. The highest BCUT2D eigenvalue weighted by Crippen LogP contribution is 2.44. The van der Waals surface area contributed by atoms with Crippen molar-refractivity contribution in [3.63, 3.8) is 0 Å². The van der Waals surface area contributed by atoms with Crippen LogP contribution >= 0.6 is 23.1 Å². The number of benzene rings is 1. The normalized spacial score (nSPS) is 23.7. The van der Waals surface area contributed by atoms with Crippen LogP contribution in [0.5, 0.6) is 0 Å². The minimum absolute atomic E-state index is 0.0180.